The molecule has 0 unspecified atom stereocenters. The summed E-state index contributed by atoms with van der Waals surface area (Å²) in [5.41, 5.74) is 1.57. The van der Waals surface area contributed by atoms with Crippen LogP contribution in [0.2, 0.25) is 0 Å². The molecule has 2 aromatic carbocycles. The van der Waals surface area contributed by atoms with E-state index in [9.17, 15) is 9.59 Å². The van der Waals surface area contributed by atoms with Gasteiger partial charge in [-0.05, 0) is 43.5 Å². The minimum atomic E-state index is -0.642. The van der Waals surface area contributed by atoms with E-state index < -0.39 is 11.8 Å². The number of thioether (sulfide) groups is 1. The maximum atomic E-state index is 12.3. The lowest BCUT2D eigenvalue weighted by atomic mass is 9.99. The number of hydrogen-bond donors (Lipinski definition) is 2. The molecule has 1 aliphatic heterocycles. The number of rotatable bonds is 5. The molecular formula is C21H24N2O3S. The van der Waals surface area contributed by atoms with Gasteiger partial charge >= 0.3 is 11.8 Å². The van der Waals surface area contributed by atoms with Crippen molar-refractivity contribution in [1.29, 1.82) is 0 Å². The van der Waals surface area contributed by atoms with Crippen LogP contribution in [0.1, 0.15) is 18.4 Å². The van der Waals surface area contributed by atoms with Crippen molar-refractivity contribution in [2.45, 2.75) is 29.4 Å². The van der Waals surface area contributed by atoms with Crippen molar-refractivity contribution in [1.82, 2.24) is 5.32 Å². The van der Waals surface area contributed by atoms with E-state index in [1.165, 1.54) is 0 Å². The van der Waals surface area contributed by atoms with Gasteiger partial charge in [0.05, 0.1) is 0 Å². The molecule has 0 spiro atoms. The van der Waals surface area contributed by atoms with Gasteiger partial charge in [0.2, 0.25) is 0 Å². The highest BCUT2D eigenvalue weighted by atomic mass is 32.2. The van der Waals surface area contributed by atoms with Crippen LogP contribution < -0.4 is 10.6 Å². The number of hydrogen-bond acceptors (Lipinski definition) is 4. The molecule has 27 heavy (non-hydrogen) atoms. The second kappa shape index (κ2) is 9.06. The molecule has 0 atom stereocenters. The fraction of sp³-hybridized carbons (Fsp3) is 0.333. The average molecular weight is 385 g/mol. The Bertz CT molecular complexity index is 789. The topological polar surface area (TPSA) is 67.4 Å². The van der Waals surface area contributed by atoms with Gasteiger partial charge in [-0.1, -0.05) is 36.4 Å². The van der Waals surface area contributed by atoms with Crippen LogP contribution in [0.3, 0.4) is 0 Å². The molecule has 1 aliphatic rings. The first-order valence-corrected chi connectivity index (χ1v) is 9.86. The fourth-order valence-electron chi connectivity index (χ4n) is 3.01. The zero-order valence-corrected chi connectivity index (χ0v) is 16.2. The van der Waals surface area contributed by atoms with Gasteiger partial charge < -0.3 is 15.4 Å². The van der Waals surface area contributed by atoms with Crippen LogP contribution in [-0.2, 0) is 14.3 Å². The van der Waals surface area contributed by atoms with Crippen LogP contribution in [0.15, 0.2) is 59.5 Å². The summed E-state index contributed by atoms with van der Waals surface area (Å²) in [6.07, 6.45) is 1.65. The minimum Gasteiger partial charge on any atom is -0.381 e. The molecule has 1 fully saturated rings. The van der Waals surface area contributed by atoms with E-state index in [-0.39, 0.29) is 4.75 Å². The lowest BCUT2D eigenvalue weighted by Crippen LogP contribution is -2.47. The Kier molecular flexibility index (Phi) is 6.53. The summed E-state index contributed by atoms with van der Waals surface area (Å²) in [6.45, 7) is 3.63. The van der Waals surface area contributed by atoms with Crippen LogP contribution in [0.5, 0.6) is 0 Å². The molecule has 2 amide bonds. The maximum absolute atomic E-state index is 12.3. The second-order valence-corrected chi connectivity index (χ2v) is 8.20. The molecule has 0 bridgehead atoms. The normalized spacial score (nSPS) is 15.7. The fourth-order valence-corrected chi connectivity index (χ4v) is 4.32. The van der Waals surface area contributed by atoms with E-state index in [1.807, 2.05) is 43.3 Å². The molecule has 2 aromatic rings. The van der Waals surface area contributed by atoms with Crippen molar-refractivity contribution in [3.05, 3.63) is 60.2 Å². The van der Waals surface area contributed by atoms with E-state index in [4.69, 9.17) is 4.74 Å². The first kappa shape index (κ1) is 19.5. The Morgan fingerprint density at radius 2 is 1.67 bits per heavy atom. The van der Waals surface area contributed by atoms with Gasteiger partial charge in [-0.15, -0.1) is 11.8 Å². The molecule has 1 heterocycles. The zero-order valence-electron chi connectivity index (χ0n) is 15.4. The lowest BCUT2D eigenvalue weighted by molar-refractivity contribution is -0.136. The van der Waals surface area contributed by atoms with Crippen molar-refractivity contribution in [3.8, 4) is 0 Å². The third kappa shape index (κ3) is 5.34. The number of nitrogens with one attached hydrogen (secondary N) is 2. The first-order chi connectivity index (χ1) is 13.1. The third-order valence-electron chi connectivity index (χ3n) is 4.65. The summed E-state index contributed by atoms with van der Waals surface area (Å²) < 4.78 is 5.34. The standard InChI is InChI=1S/C21H24N2O3S/c1-16-7-5-6-10-18(16)23-20(25)19(24)22-15-21(11-13-26-14-12-21)27-17-8-3-2-4-9-17/h2-10H,11-15H2,1H3,(H,22,24)(H,23,25). The first-order valence-electron chi connectivity index (χ1n) is 9.05. The number of aryl methyl sites for hydroxylation is 1. The van der Waals surface area contributed by atoms with Gasteiger partial charge in [-0.25, -0.2) is 0 Å². The molecule has 2 N–H and O–H groups in total. The number of anilines is 1. The summed E-state index contributed by atoms with van der Waals surface area (Å²) in [6, 6.07) is 17.5. The van der Waals surface area contributed by atoms with Gasteiger partial charge in [-0.3, -0.25) is 9.59 Å². The van der Waals surface area contributed by atoms with Crippen LogP contribution >= 0.6 is 11.8 Å². The van der Waals surface area contributed by atoms with Crippen LogP contribution in [-0.4, -0.2) is 36.3 Å². The minimum absolute atomic E-state index is 0.168. The number of amides is 2. The van der Waals surface area contributed by atoms with Gasteiger partial charge in [0.25, 0.3) is 0 Å². The van der Waals surface area contributed by atoms with E-state index in [0.717, 1.165) is 23.3 Å². The molecule has 0 aromatic heterocycles. The van der Waals surface area contributed by atoms with E-state index in [0.29, 0.717) is 25.4 Å². The van der Waals surface area contributed by atoms with Crippen LogP contribution in [0, 0.1) is 6.92 Å². The third-order valence-corrected chi connectivity index (χ3v) is 6.15. The molecule has 0 saturated carbocycles. The summed E-state index contributed by atoms with van der Waals surface area (Å²) in [5, 5.41) is 5.50. The molecule has 6 heteroatoms. The van der Waals surface area contributed by atoms with E-state index >= 15 is 0 Å². The predicted octanol–water partition coefficient (Wildman–Crippen LogP) is 3.39. The SMILES string of the molecule is Cc1ccccc1NC(=O)C(=O)NCC1(Sc2ccccc2)CCOCC1. The maximum Gasteiger partial charge on any atom is 0.313 e. The number of ether oxygens (including phenoxy) is 1. The summed E-state index contributed by atoms with van der Waals surface area (Å²) in [5.74, 6) is -1.26. The van der Waals surface area contributed by atoms with E-state index in [2.05, 4.69) is 22.8 Å². The number of carbonyl (C=O) groups is 2. The van der Waals surface area contributed by atoms with Crippen molar-refractivity contribution in [2.24, 2.45) is 0 Å². The highest BCUT2D eigenvalue weighted by Crippen LogP contribution is 2.40. The van der Waals surface area contributed by atoms with E-state index in [1.54, 1.807) is 17.8 Å². The monoisotopic (exact) mass is 384 g/mol. The number of para-hydroxylation sites is 1. The van der Waals surface area contributed by atoms with Crippen molar-refractivity contribution < 1.29 is 14.3 Å². The summed E-state index contributed by atoms with van der Waals surface area (Å²) >= 11 is 1.75. The highest BCUT2D eigenvalue weighted by molar-refractivity contribution is 8.00. The number of benzene rings is 2. The van der Waals surface area contributed by atoms with Gasteiger partial charge in [0, 0.05) is 35.1 Å². The Hall–Kier alpha value is -2.31. The largest absolute Gasteiger partial charge is 0.381 e. The number of carbonyl (C=O) groups excluding carboxylic acids is 2. The van der Waals surface area contributed by atoms with Gasteiger partial charge in [0.1, 0.15) is 0 Å². The van der Waals surface area contributed by atoms with Gasteiger partial charge in [-0.2, -0.15) is 0 Å². The molecular weight excluding hydrogens is 360 g/mol. The smallest absolute Gasteiger partial charge is 0.313 e. The molecule has 3 rings (SSSR count). The van der Waals surface area contributed by atoms with Gasteiger partial charge in [0.15, 0.2) is 0 Å². The van der Waals surface area contributed by atoms with Crippen LogP contribution in [0.4, 0.5) is 5.69 Å². The van der Waals surface area contributed by atoms with Crippen molar-refractivity contribution >= 4 is 29.3 Å². The Morgan fingerprint density at radius 1 is 1.00 bits per heavy atom. The highest BCUT2D eigenvalue weighted by Gasteiger charge is 2.34. The Morgan fingerprint density at radius 3 is 2.37 bits per heavy atom. The summed E-state index contributed by atoms with van der Waals surface area (Å²) in [4.78, 5) is 25.7. The Labute approximate surface area is 163 Å². The molecule has 0 radical (unpaired) electrons. The molecule has 0 aliphatic carbocycles. The molecule has 5 nitrogen and oxygen atoms in total. The molecule has 142 valence electrons. The zero-order chi connectivity index (χ0) is 19.1. The second-order valence-electron chi connectivity index (χ2n) is 6.66. The molecule has 1 saturated heterocycles. The Balaban J connectivity index is 1.61. The average Bonchev–Trinajstić information content (AvgIpc) is 2.69. The quantitative estimate of drug-likeness (QED) is 0.776. The summed E-state index contributed by atoms with van der Waals surface area (Å²) in [7, 11) is 0. The lowest BCUT2D eigenvalue weighted by Gasteiger charge is -2.36. The van der Waals surface area contributed by atoms with Crippen molar-refractivity contribution in [3.63, 3.8) is 0 Å². The predicted molar refractivity (Wildman–Crippen MR) is 108 cm³/mol. The van der Waals surface area contributed by atoms with Crippen LogP contribution in [0.25, 0.3) is 0 Å². The van der Waals surface area contributed by atoms with Crippen molar-refractivity contribution in [2.75, 3.05) is 25.1 Å².